The highest BCUT2D eigenvalue weighted by Gasteiger charge is 2.25. The number of esters is 1. The average molecular weight is 613 g/mol. The summed E-state index contributed by atoms with van der Waals surface area (Å²) in [7, 11) is 0. The van der Waals surface area contributed by atoms with Gasteiger partial charge in [0, 0.05) is 72.7 Å². The third kappa shape index (κ3) is 8.13. The van der Waals surface area contributed by atoms with Crippen molar-refractivity contribution in [2.24, 2.45) is 11.8 Å². The lowest BCUT2D eigenvalue weighted by Crippen LogP contribution is -2.36. The Morgan fingerprint density at radius 1 is 1.11 bits per heavy atom. The lowest BCUT2D eigenvalue weighted by molar-refractivity contribution is 0.0519. The van der Waals surface area contributed by atoms with Crippen molar-refractivity contribution in [1.29, 1.82) is 10.7 Å². The summed E-state index contributed by atoms with van der Waals surface area (Å²) in [4.78, 5) is 31.3. The van der Waals surface area contributed by atoms with Gasteiger partial charge < -0.3 is 30.0 Å². The van der Waals surface area contributed by atoms with Crippen molar-refractivity contribution >= 4 is 34.8 Å². The van der Waals surface area contributed by atoms with E-state index in [1.54, 1.807) is 25.4 Å². The number of hydrogen-bond acceptors (Lipinski definition) is 11. The molecule has 1 aromatic carbocycles. The van der Waals surface area contributed by atoms with Gasteiger partial charge >= 0.3 is 5.97 Å². The van der Waals surface area contributed by atoms with E-state index in [-0.39, 0.29) is 24.1 Å². The molecule has 2 saturated heterocycles. The van der Waals surface area contributed by atoms with Crippen molar-refractivity contribution in [2.75, 3.05) is 61.1 Å². The van der Waals surface area contributed by atoms with Crippen molar-refractivity contribution < 1.29 is 14.3 Å². The Balaban J connectivity index is 0.00000226. The number of nitriles is 1. The number of ether oxygens (including phenoxy) is 2. The first-order chi connectivity index (χ1) is 21.9. The lowest BCUT2D eigenvalue weighted by Gasteiger charge is -2.29. The van der Waals surface area contributed by atoms with E-state index in [0.29, 0.717) is 47.4 Å². The number of aromatic nitrogens is 3. The number of piperidine rings is 1. The zero-order valence-corrected chi connectivity index (χ0v) is 27.0. The normalized spacial score (nSPS) is 15.1. The topological polar surface area (TPSA) is 140 Å². The second-order valence-electron chi connectivity index (χ2n) is 11.0. The fourth-order valence-electron chi connectivity index (χ4n) is 5.30. The predicted octanol–water partition coefficient (Wildman–Crippen LogP) is 6.09. The third-order valence-corrected chi connectivity index (χ3v) is 7.75. The van der Waals surface area contributed by atoms with Gasteiger partial charge in [0.2, 0.25) is 5.95 Å². The lowest BCUT2D eigenvalue weighted by atomic mass is 9.92. The van der Waals surface area contributed by atoms with Gasteiger partial charge in [-0.15, -0.1) is 0 Å². The van der Waals surface area contributed by atoms with Gasteiger partial charge in [0.15, 0.2) is 5.69 Å². The summed E-state index contributed by atoms with van der Waals surface area (Å²) in [5.41, 5.74) is 4.20. The quantitative estimate of drug-likeness (QED) is 0.216. The molecule has 0 unspecified atom stereocenters. The molecule has 11 nitrogen and oxygen atoms in total. The molecule has 45 heavy (non-hydrogen) atoms. The molecule has 0 atom stereocenters. The van der Waals surface area contributed by atoms with E-state index in [1.165, 1.54) is 0 Å². The monoisotopic (exact) mass is 612 g/mol. The molecular weight excluding hydrogens is 568 g/mol. The summed E-state index contributed by atoms with van der Waals surface area (Å²) in [6.07, 6.45) is 5.02. The number of carbonyl (C=O) groups is 1. The highest BCUT2D eigenvalue weighted by atomic mass is 16.5. The maximum absolute atomic E-state index is 13.0. The molecule has 238 valence electrons. The maximum Gasteiger partial charge on any atom is 0.357 e. The number of nitrogens with zero attached hydrogens (tertiary/aromatic N) is 6. The first-order valence-corrected chi connectivity index (χ1v) is 15.9. The van der Waals surface area contributed by atoms with Crippen LogP contribution in [0.15, 0.2) is 42.7 Å². The number of pyridine rings is 1. The first-order valence-electron chi connectivity index (χ1n) is 15.9. The molecule has 2 aliphatic heterocycles. The molecule has 11 heteroatoms. The minimum absolute atomic E-state index is 0.0683. The Bertz CT molecular complexity index is 1490. The largest absolute Gasteiger partial charge is 0.461 e. The molecule has 2 aromatic heterocycles. The zero-order valence-electron chi connectivity index (χ0n) is 27.0. The molecule has 2 N–H and O–H groups in total. The number of nitrogens with one attached hydrogen (secondary N) is 2. The van der Waals surface area contributed by atoms with Crippen LogP contribution >= 0.6 is 0 Å². The second kappa shape index (κ2) is 16.0. The number of hydrogen-bond donors (Lipinski definition) is 2. The van der Waals surface area contributed by atoms with Crippen LogP contribution in [0.2, 0.25) is 0 Å². The summed E-state index contributed by atoms with van der Waals surface area (Å²) in [6, 6.07) is 12.0. The molecule has 3 aromatic rings. The van der Waals surface area contributed by atoms with Crippen LogP contribution < -0.4 is 15.1 Å². The van der Waals surface area contributed by atoms with Crippen LogP contribution in [0.25, 0.3) is 11.1 Å². The van der Waals surface area contributed by atoms with Gasteiger partial charge in [0.25, 0.3) is 0 Å². The van der Waals surface area contributed by atoms with Crippen molar-refractivity contribution in [3.05, 3.63) is 54.0 Å². The average Bonchev–Trinajstić information content (AvgIpc) is 3.09. The van der Waals surface area contributed by atoms with Gasteiger partial charge in [-0.2, -0.15) is 5.26 Å². The molecule has 4 heterocycles. The van der Waals surface area contributed by atoms with E-state index in [2.05, 4.69) is 42.2 Å². The van der Waals surface area contributed by atoms with Gasteiger partial charge in [0.05, 0.1) is 25.9 Å². The molecular formula is C34H44N8O3. The van der Waals surface area contributed by atoms with Gasteiger partial charge in [0.1, 0.15) is 5.82 Å². The number of carbonyl (C=O) groups excluding carboxylic acids is 1. The highest BCUT2D eigenvalue weighted by Crippen LogP contribution is 2.34. The standard InChI is InChI=1S/C32H38N8O3.C2H6/c1-4-43-31(41)27-17-26(23-19-35-32(36-20-23)40-10-8-22(18-33)9-11-40)28(29(34)21(2)3)30(38-27)37-24-6-5-7-25(16-24)39-12-14-42-15-13-39;1-2/h5-7,16-17,19-22,34H,4,8-15H2,1-3H3,(H,37,38);1-2H3. The fraction of sp³-hybridized carbons (Fsp3) is 0.471. The molecule has 0 radical (unpaired) electrons. The first kappa shape index (κ1) is 33.3. The molecule has 0 bridgehead atoms. The van der Waals surface area contributed by atoms with Gasteiger partial charge in [-0.25, -0.2) is 19.7 Å². The van der Waals surface area contributed by atoms with Crippen LogP contribution in [0.1, 0.15) is 63.5 Å². The maximum atomic E-state index is 13.0. The number of rotatable bonds is 9. The molecule has 0 aliphatic carbocycles. The van der Waals surface area contributed by atoms with E-state index in [1.807, 2.05) is 45.9 Å². The van der Waals surface area contributed by atoms with Crippen LogP contribution in [0.4, 0.5) is 23.1 Å². The summed E-state index contributed by atoms with van der Waals surface area (Å²) in [6.45, 7) is 14.3. The van der Waals surface area contributed by atoms with E-state index in [9.17, 15) is 10.1 Å². The fourth-order valence-corrected chi connectivity index (χ4v) is 5.30. The third-order valence-electron chi connectivity index (χ3n) is 7.75. The van der Waals surface area contributed by atoms with Crippen LogP contribution in [0.3, 0.4) is 0 Å². The van der Waals surface area contributed by atoms with Crippen LogP contribution in [0, 0.1) is 28.6 Å². The summed E-state index contributed by atoms with van der Waals surface area (Å²) in [5, 5.41) is 21.7. The number of anilines is 4. The Labute approximate surface area is 266 Å². The Kier molecular flexibility index (Phi) is 11.8. The van der Waals surface area contributed by atoms with Crippen LogP contribution in [-0.4, -0.2) is 72.6 Å². The van der Waals surface area contributed by atoms with Crippen molar-refractivity contribution in [1.82, 2.24) is 15.0 Å². The van der Waals surface area contributed by atoms with E-state index in [0.717, 1.165) is 50.4 Å². The molecule has 0 spiro atoms. The molecule has 5 rings (SSSR count). The van der Waals surface area contributed by atoms with Crippen molar-refractivity contribution in [3.63, 3.8) is 0 Å². The Morgan fingerprint density at radius 3 is 2.42 bits per heavy atom. The molecule has 0 amide bonds. The molecule has 0 saturated carbocycles. The Hall–Kier alpha value is -4.56. The van der Waals surface area contributed by atoms with Gasteiger partial charge in [-0.3, -0.25) is 0 Å². The van der Waals surface area contributed by atoms with E-state index < -0.39 is 5.97 Å². The smallest absolute Gasteiger partial charge is 0.357 e. The highest BCUT2D eigenvalue weighted by molar-refractivity contribution is 6.10. The minimum Gasteiger partial charge on any atom is -0.461 e. The number of benzene rings is 1. The van der Waals surface area contributed by atoms with Gasteiger partial charge in [-0.1, -0.05) is 33.8 Å². The molecule has 2 fully saturated rings. The van der Waals surface area contributed by atoms with Gasteiger partial charge in [-0.05, 0) is 55.5 Å². The van der Waals surface area contributed by atoms with Crippen LogP contribution in [0.5, 0.6) is 0 Å². The summed E-state index contributed by atoms with van der Waals surface area (Å²) < 4.78 is 10.8. The van der Waals surface area contributed by atoms with Crippen molar-refractivity contribution in [3.8, 4) is 17.2 Å². The minimum atomic E-state index is -0.547. The number of morpholine rings is 1. The second-order valence-corrected chi connectivity index (χ2v) is 11.0. The SMILES string of the molecule is CC.CCOC(=O)c1cc(-c2cnc(N3CCC(C#N)CC3)nc2)c(C(=N)C(C)C)c(Nc2cccc(N3CCOCC3)c2)n1. The molecule has 2 aliphatic rings. The van der Waals surface area contributed by atoms with E-state index >= 15 is 0 Å². The summed E-state index contributed by atoms with van der Waals surface area (Å²) in [5.74, 6) is 0.392. The Morgan fingerprint density at radius 2 is 1.80 bits per heavy atom. The summed E-state index contributed by atoms with van der Waals surface area (Å²) >= 11 is 0. The van der Waals surface area contributed by atoms with Crippen molar-refractivity contribution in [2.45, 2.75) is 47.5 Å². The van der Waals surface area contributed by atoms with E-state index in [4.69, 9.17) is 14.9 Å². The van der Waals surface area contributed by atoms with Crippen LogP contribution in [-0.2, 0) is 9.47 Å². The zero-order chi connectivity index (χ0) is 32.3. The predicted molar refractivity (Wildman–Crippen MR) is 178 cm³/mol.